The molecule has 0 spiro atoms. The Morgan fingerprint density at radius 1 is 1.27 bits per heavy atom. The average Bonchev–Trinajstić information content (AvgIpc) is 3.09. The third-order valence-corrected chi connectivity index (χ3v) is 2.87. The predicted molar refractivity (Wildman–Crippen MR) is 60.7 cm³/mol. The number of benzene rings is 1. The maximum Gasteiger partial charge on any atom is 0.0906 e. The van der Waals surface area contributed by atoms with Crippen LogP contribution in [0.4, 0.5) is 4.39 Å². The first-order valence-electron chi connectivity index (χ1n) is 5.76. The molecule has 82 valence electrons. The Bertz CT molecular complexity index is 307. The van der Waals surface area contributed by atoms with E-state index in [1.54, 1.807) is 0 Å². The second-order valence-corrected chi connectivity index (χ2v) is 4.19. The van der Waals surface area contributed by atoms with Crippen LogP contribution in [0.3, 0.4) is 0 Å². The lowest BCUT2D eigenvalue weighted by molar-refractivity contribution is 0.459. The maximum atomic E-state index is 11.9. The van der Waals surface area contributed by atoms with Gasteiger partial charge in [0.15, 0.2) is 0 Å². The standard InChI is InChI=1S/C13H18FN/c14-8-3-9-15-10-12-4-1-2-5-13(12)11-6-7-11/h1-2,4-5,11,15H,3,6-10H2. The molecule has 1 nitrogen and oxygen atoms in total. The van der Waals surface area contributed by atoms with Crippen LogP contribution in [0.1, 0.15) is 36.3 Å². The van der Waals surface area contributed by atoms with Crippen LogP contribution in [0.25, 0.3) is 0 Å². The van der Waals surface area contributed by atoms with Crippen LogP contribution in [-0.4, -0.2) is 13.2 Å². The molecule has 1 saturated carbocycles. The van der Waals surface area contributed by atoms with E-state index in [1.165, 1.54) is 24.0 Å². The molecule has 0 unspecified atom stereocenters. The van der Waals surface area contributed by atoms with Crippen LogP contribution in [0, 0.1) is 0 Å². The molecule has 1 N–H and O–H groups in total. The van der Waals surface area contributed by atoms with Gasteiger partial charge in [0.25, 0.3) is 0 Å². The fourth-order valence-electron chi connectivity index (χ4n) is 1.90. The molecule has 0 saturated heterocycles. The van der Waals surface area contributed by atoms with Crippen molar-refractivity contribution < 1.29 is 4.39 Å². The lowest BCUT2D eigenvalue weighted by Crippen LogP contribution is -2.16. The van der Waals surface area contributed by atoms with Crippen LogP contribution < -0.4 is 5.32 Å². The molecule has 0 atom stereocenters. The molecule has 1 aromatic rings. The highest BCUT2D eigenvalue weighted by molar-refractivity contribution is 5.33. The normalized spacial score (nSPS) is 15.5. The second-order valence-electron chi connectivity index (χ2n) is 4.19. The summed E-state index contributed by atoms with van der Waals surface area (Å²) < 4.78 is 11.9. The summed E-state index contributed by atoms with van der Waals surface area (Å²) in [4.78, 5) is 0. The highest BCUT2D eigenvalue weighted by atomic mass is 19.1. The summed E-state index contributed by atoms with van der Waals surface area (Å²) >= 11 is 0. The van der Waals surface area contributed by atoms with E-state index in [1.807, 2.05) is 0 Å². The molecule has 1 aliphatic rings. The van der Waals surface area contributed by atoms with E-state index in [-0.39, 0.29) is 6.67 Å². The molecular weight excluding hydrogens is 189 g/mol. The minimum absolute atomic E-state index is 0.225. The second kappa shape index (κ2) is 5.26. The average molecular weight is 207 g/mol. The zero-order chi connectivity index (χ0) is 10.5. The summed E-state index contributed by atoms with van der Waals surface area (Å²) in [7, 11) is 0. The highest BCUT2D eigenvalue weighted by Gasteiger charge is 2.25. The van der Waals surface area contributed by atoms with Gasteiger partial charge in [0.2, 0.25) is 0 Å². The number of hydrogen-bond donors (Lipinski definition) is 1. The summed E-state index contributed by atoms with van der Waals surface area (Å²) in [5.41, 5.74) is 2.88. The quantitative estimate of drug-likeness (QED) is 0.707. The maximum absolute atomic E-state index is 11.9. The first-order valence-corrected chi connectivity index (χ1v) is 5.76. The van der Waals surface area contributed by atoms with Crippen molar-refractivity contribution in [2.45, 2.75) is 31.7 Å². The van der Waals surface area contributed by atoms with Gasteiger partial charge in [-0.05, 0) is 42.9 Å². The molecular formula is C13H18FN. The summed E-state index contributed by atoms with van der Waals surface area (Å²) in [6.45, 7) is 1.43. The number of halogens is 1. The SMILES string of the molecule is FCCCNCc1ccccc1C1CC1. The first kappa shape index (κ1) is 10.6. The van der Waals surface area contributed by atoms with Crippen molar-refractivity contribution in [2.24, 2.45) is 0 Å². The molecule has 1 aromatic carbocycles. The predicted octanol–water partition coefficient (Wildman–Crippen LogP) is 3.01. The van der Waals surface area contributed by atoms with Crippen molar-refractivity contribution in [1.82, 2.24) is 5.32 Å². The molecule has 2 heteroatoms. The lowest BCUT2D eigenvalue weighted by Gasteiger charge is -2.09. The number of alkyl halides is 1. The Labute approximate surface area is 90.7 Å². The van der Waals surface area contributed by atoms with Gasteiger partial charge in [0.1, 0.15) is 0 Å². The Morgan fingerprint density at radius 2 is 2.07 bits per heavy atom. The molecule has 1 fully saturated rings. The number of rotatable bonds is 6. The van der Waals surface area contributed by atoms with Crippen molar-refractivity contribution in [1.29, 1.82) is 0 Å². The van der Waals surface area contributed by atoms with Crippen LogP contribution in [0.2, 0.25) is 0 Å². The van der Waals surface area contributed by atoms with Gasteiger partial charge >= 0.3 is 0 Å². The molecule has 2 rings (SSSR count). The van der Waals surface area contributed by atoms with Crippen LogP contribution in [-0.2, 0) is 6.54 Å². The fraction of sp³-hybridized carbons (Fsp3) is 0.538. The lowest BCUT2D eigenvalue weighted by atomic mass is 10.0. The Balaban J connectivity index is 1.89. The summed E-state index contributed by atoms with van der Waals surface area (Å²) in [5.74, 6) is 0.796. The van der Waals surface area contributed by atoms with Gasteiger partial charge in [0, 0.05) is 6.54 Å². The van der Waals surface area contributed by atoms with Crippen LogP contribution in [0.15, 0.2) is 24.3 Å². The third-order valence-electron chi connectivity index (χ3n) is 2.87. The van der Waals surface area contributed by atoms with Gasteiger partial charge in [-0.25, -0.2) is 0 Å². The molecule has 0 aromatic heterocycles. The smallest absolute Gasteiger partial charge is 0.0906 e. The molecule has 0 aliphatic heterocycles. The summed E-state index contributed by atoms with van der Waals surface area (Å²) in [6.07, 6.45) is 3.29. The van der Waals surface area contributed by atoms with E-state index in [0.29, 0.717) is 6.42 Å². The van der Waals surface area contributed by atoms with E-state index < -0.39 is 0 Å². The van der Waals surface area contributed by atoms with Gasteiger partial charge in [-0.3, -0.25) is 4.39 Å². The Morgan fingerprint density at radius 3 is 2.80 bits per heavy atom. The van der Waals surface area contributed by atoms with E-state index in [4.69, 9.17) is 0 Å². The monoisotopic (exact) mass is 207 g/mol. The molecule has 0 radical (unpaired) electrons. The minimum atomic E-state index is -0.225. The van der Waals surface area contributed by atoms with Gasteiger partial charge in [-0.2, -0.15) is 0 Å². The highest BCUT2D eigenvalue weighted by Crippen LogP contribution is 2.41. The van der Waals surface area contributed by atoms with E-state index in [2.05, 4.69) is 29.6 Å². The largest absolute Gasteiger partial charge is 0.313 e. The van der Waals surface area contributed by atoms with E-state index in [0.717, 1.165) is 19.0 Å². The van der Waals surface area contributed by atoms with E-state index >= 15 is 0 Å². The van der Waals surface area contributed by atoms with Crippen molar-refractivity contribution in [2.75, 3.05) is 13.2 Å². The number of hydrogen-bond acceptors (Lipinski definition) is 1. The topological polar surface area (TPSA) is 12.0 Å². The van der Waals surface area contributed by atoms with Crippen molar-refractivity contribution in [3.8, 4) is 0 Å². The zero-order valence-corrected chi connectivity index (χ0v) is 9.01. The molecule has 0 bridgehead atoms. The van der Waals surface area contributed by atoms with Crippen LogP contribution in [0.5, 0.6) is 0 Å². The minimum Gasteiger partial charge on any atom is -0.313 e. The van der Waals surface area contributed by atoms with E-state index in [9.17, 15) is 4.39 Å². The molecule has 15 heavy (non-hydrogen) atoms. The molecule has 1 aliphatic carbocycles. The Hall–Kier alpha value is -0.890. The van der Waals surface area contributed by atoms with Crippen molar-refractivity contribution in [3.63, 3.8) is 0 Å². The van der Waals surface area contributed by atoms with Gasteiger partial charge in [0.05, 0.1) is 6.67 Å². The van der Waals surface area contributed by atoms with Crippen molar-refractivity contribution in [3.05, 3.63) is 35.4 Å². The van der Waals surface area contributed by atoms with Gasteiger partial charge in [-0.1, -0.05) is 24.3 Å². The summed E-state index contributed by atoms with van der Waals surface area (Å²) in [5, 5.41) is 3.29. The third kappa shape index (κ3) is 3.03. The van der Waals surface area contributed by atoms with Gasteiger partial charge in [-0.15, -0.1) is 0 Å². The fourth-order valence-corrected chi connectivity index (χ4v) is 1.90. The van der Waals surface area contributed by atoms with Crippen LogP contribution >= 0.6 is 0 Å². The first-order chi connectivity index (χ1) is 7.42. The van der Waals surface area contributed by atoms with Crippen molar-refractivity contribution >= 4 is 0 Å². The number of nitrogens with one attached hydrogen (secondary N) is 1. The van der Waals surface area contributed by atoms with Gasteiger partial charge < -0.3 is 5.32 Å². The molecule has 0 heterocycles. The Kier molecular flexibility index (Phi) is 3.73. The summed E-state index contributed by atoms with van der Waals surface area (Å²) in [6, 6.07) is 8.59. The zero-order valence-electron chi connectivity index (χ0n) is 9.01. The molecule has 0 amide bonds.